The molecule has 0 N–H and O–H groups in total. The van der Waals surface area contributed by atoms with Crippen LogP contribution in [0.15, 0.2) is 29.3 Å². The fourth-order valence-corrected chi connectivity index (χ4v) is 0.747. The maximum Gasteiger partial charge on any atom is 0.161 e. The van der Waals surface area contributed by atoms with Crippen molar-refractivity contribution in [2.24, 2.45) is 4.99 Å². The van der Waals surface area contributed by atoms with Crippen molar-refractivity contribution in [2.45, 2.75) is 6.92 Å². The molecule has 0 unspecified atom stereocenters. The van der Waals surface area contributed by atoms with Crippen molar-refractivity contribution in [2.75, 3.05) is 0 Å². The Kier molecular flexibility index (Phi) is 2.55. The first-order valence-corrected chi connectivity index (χ1v) is 3.37. The Hall–Kier alpha value is -1.44. The highest BCUT2D eigenvalue weighted by Gasteiger charge is 1.85. The molecular formula is C9H9NO. The van der Waals surface area contributed by atoms with Crippen LogP contribution in [0.1, 0.15) is 5.56 Å². The van der Waals surface area contributed by atoms with Crippen LogP contribution in [0.25, 0.3) is 0 Å². The summed E-state index contributed by atoms with van der Waals surface area (Å²) < 4.78 is 0. The van der Waals surface area contributed by atoms with Crippen molar-refractivity contribution in [3.63, 3.8) is 0 Å². The van der Waals surface area contributed by atoms with Gasteiger partial charge in [-0.25, -0.2) is 0 Å². The van der Waals surface area contributed by atoms with Gasteiger partial charge in [0.25, 0.3) is 0 Å². The second-order valence-corrected chi connectivity index (χ2v) is 2.25. The molecule has 0 fully saturated rings. The number of hydrogen-bond acceptors (Lipinski definition) is 2. The molecule has 1 aromatic rings. The molecule has 0 aliphatic rings. The van der Waals surface area contributed by atoms with Gasteiger partial charge in [0.1, 0.15) is 0 Å². The maximum absolute atomic E-state index is 9.90. The Labute approximate surface area is 65.6 Å². The van der Waals surface area contributed by atoms with E-state index in [-0.39, 0.29) is 0 Å². The average molecular weight is 147 g/mol. The molecule has 0 aromatic heterocycles. The number of aldehydes is 1. The van der Waals surface area contributed by atoms with Crippen molar-refractivity contribution in [1.82, 2.24) is 0 Å². The number of carbonyl (C=O) groups excluding carboxylic acids is 1. The molecule has 0 spiro atoms. The van der Waals surface area contributed by atoms with E-state index >= 15 is 0 Å². The summed E-state index contributed by atoms with van der Waals surface area (Å²) in [7, 11) is 0. The van der Waals surface area contributed by atoms with E-state index in [0.29, 0.717) is 6.29 Å². The molecule has 1 rings (SSSR count). The van der Waals surface area contributed by atoms with Gasteiger partial charge in [-0.1, -0.05) is 17.7 Å². The number of aryl methyl sites for hydroxylation is 1. The average Bonchev–Trinajstić information content (AvgIpc) is 2.04. The molecule has 2 nitrogen and oxygen atoms in total. The second-order valence-electron chi connectivity index (χ2n) is 2.25. The normalized spacial score (nSPS) is 10.3. The Morgan fingerprint density at radius 3 is 2.45 bits per heavy atom. The van der Waals surface area contributed by atoms with Crippen LogP contribution in [0.4, 0.5) is 5.69 Å². The van der Waals surface area contributed by atoms with E-state index in [1.807, 2.05) is 31.2 Å². The molecule has 11 heavy (non-hydrogen) atoms. The van der Waals surface area contributed by atoms with Crippen LogP contribution < -0.4 is 0 Å². The third kappa shape index (κ3) is 2.34. The molecule has 0 atom stereocenters. The Balaban J connectivity index is 2.81. The zero-order chi connectivity index (χ0) is 8.10. The monoisotopic (exact) mass is 147 g/mol. The van der Waals surface area contributed by atoms with Gasteiger partial charge in [-0.2, -0.15) is 0 Å². The molecular weight excluding hydrogens is 138 g/mol. The number of aliphatic imine (C=N–C) groups is 1. The van der Waals surface area contributed by atoms with Crippen molar-refractivity contribution < 1.29 is 4.79 Å². The van der Waals surface area contributed by atoms with Gasteiger partial charge in [-0.05, 0) is 19.1 Å². The van der Waals surface area contributed by atoms with Gasteiger partial charge in [-0.3, -0.25) is 9.79 Å². The van der Waals surface area contributed by atoms with Crippen LogP contribution in [0.5, 0.6) is 0 Å². The Morgan fingerprint density at radius 2 is 1.91 bits per heavy atom. The molecule has 2 heteroatoms. The summed E-state index contributed by atoms with van der Waals surface area (Å²) in [5.74, 6) is 0. The summed E-state index contributed by atoms with van der Waals surface area (Å²) in [5, 5.41) is 0. The highest BCUT2D eigenvalue weighted by molar-refractivity contribution is 6.13. The molecule has 0 aliphatic heterocycles. The van der Waals surface area contributed by atoms with Gasteiger partial charge in [0.15, 0.2) is 6.29 Å². The lowest BCUT2D eigenvalue weighted by atomic mass is 10.2. The van der Waals surface area contributed by atoms with E-state index < -0.39 is 0 Å². The SMILES string of the molecule is Cc1ccc(N=CC=O)cc1. The second kappa shape index (κ2) is 3.66. The number of carbonyl (C=O) groups is 1. The molecule has 0 saturated heterocycles. The van der Waals surface area contributed by atoms with Gasteiger partial charge >= 0.3 is 0 Å². The molecule has 56 valence electrons. The Morgan fingerprint density at radius 1 is 1.27 bits per heavy atom. The molecule has 0 saturated carbocycles. The van der Waals surface area contributed by atoms with E-state index in [1.54, 1.807) is 0 Å². The lowest BCUT2D eigenvalue weighted by Gasteiger charge is -1.91. The van der Waals surface area contributed by atoms with Crippen molar-refractivity contribution in [1.29, 1.82) is 0 Å². The number of nitrogens with zero attached hydrogens (tertiary/aromatic N) is 1. The predicted octanol–water partition coefficient (Wildman–Crippen LogP) is 1.90. The topological polar surface area (TPSA) is 29.4 Å². The largest absolute Gasteiger partial charge is 0.297 e. The minimum atomic E-state index is 0.667. The first-order valence-electron chi connectivity index (χ1n) is 3.37. The molecule has 0 heterocycles. The van der Waals surface area contributed by atoms with E-state index in [0.717, 1.165) is 5.69 Å². The van der Waals surface area contributed by atoms with E-state index in [1.165, 1.54) is 11.8 Å². The van der Waals surface area contributed by atoms with Crippen LogP contribution in [0.3, 0.4) is 0 Å². The fraction of sp³-hybridized carbons (Fsp3) is 0.111. The summed E-state index contributed by atoms with van der Waals surface area (Å²) >= 11 is 0. The lowest BCUT2D eigenvalue weighted by molar-refractivity contribution is -0.102. The highest BCUT2D eigenvalue weighted by Crippen LogP contribution is 2.10. The van der Waals surface area contributed by atoms with Crippen molar-refractivity contribution in [3.05, 3.63) is 29.8 Å². The van der Waals surface area contributed by atoms with E-state index in [9.17, 15) is 4.79 Å². The van der Waals surface area contributed by atoms with Crippen molar-refractivity contribution >= 4 is 18.2 Å². The van der Waals surface area contributed by atoms with Crippen LogP contribution >= 0.6 is 0 Å². The first-order chi connectivity index (χ1) is 5.33. The summed E-state index contributed by atoms with van der Waals surface area (Å²) in [4.78, 5) is 13.8. The van der Waals surface area contributed by atoms with Crippen LogP contribution in [-0.2, 0) is 4.79 Å². The molecule has 0 bridgehead atoms. The van der Waals surface area contributed by atoms with Gasteiger partial charge in [0.2, 0.25) is 0 Å². The van der Waals surface area contributed by atoms with Gasteiger partial charge in [-0.15, -0.1) is 0 Å². The lowest BCUT2D eigenvalue weighted by Crippen LogP contribution is -1.72. The quantitative estimate of drug-likeness (QED) is 0.464. The standard InChI is InChI=1S/C9H9NO/c1-8-2-4-9(5-3-8)10-6-7-11/h2-7H,1H3. The van der Waals surface area contributed by atoms with Crippen LogP contribution in [0, 0.1) is 6.92 Å². The third-order valence-electron chi connectivity index (χ3n) is 1.32. The Bertz CT molecular complexity index is 261. The minimum absolute atomic E-state index is 0.667. The summed E-state index contributed by atoms with van der Waals surface area (Å²) in [6.07, 6.45) is 1.91. The number of hydrogen-bond donors (Lipinski definition) is 0. The van der Waals surface area contributed by atoms with Gasteiger partial charge in [0.05, 0.1) is 11.9 Å². The minimum Gasteiger partial charge on any atom is -0.297 e. The number of benzene rings is 1. The molecule has 0 amide bonds. The smallest absolute Gasteiger partial charge is 0.161 e. The number of rotatable bonds is 2. The molecule has 0 aliphatic carbocycles. The predicted molar refractivity (Wildman–Crippen MR) is 45.4 cm³/mol. The van der Waals surface area contributed by atoms with Gasteiger partial charge < -0.3 is 0 Å². The maximum atomic E-state index is 9.90. The summed E-state index contributed by atoms with van der Waals surface area (Å²) in [6.45, 7) is 2.01. The van der Waals surface area contributed by atoms with E-state index in [4.69, 9.17) is 0 Å². The third-order valence-corrected chi connectivity index (χ3v) is 1.32. The molecule has 0 radical (unpaired) electrons. The summed E-state index contributed by atoms with van der Waals surface area (Å²) in [5.41, 5.74) is 2.00. The van der Waals surface area contributed by atoms with Crippen molar-refractivity contribution in [3.8, 4) is 0 Å². The zero-order valence-corrected chi connectivity index (χ0v) is 6.32. The van der Waals surface area contributed by atoms with Gasteiger partial charge in [0, 0.05) is 0 Å². The molecule has 1 aromatic carbocycles. The first kappa shape index (κ1) is 7.66. The highest BCUT2D eigenvalue weighted by atomic mass is 16.1. The van der Waals surface area contributed by atoms with Crippen LogP contribution in [0.2, 0.25) is 0 Å². The van der Waals surface area contributed by atoms with Crippen LogP contribution in [-0.4, -0.2) is 12.5 Å². The fourth-order valence-electron chi connectivity index (χ4n) is 0.747. The van der Waals surface area contributed by atoms with E-state index in [2.05, 4.69) is 4.99 Å². The summed E-state index contributed by atoms with van der Waals surface area (Å²) in [6, 6.07) is 7.65. The zero-order valence-electron chi connectivity index (χ0n) is 6.32.